The van der Waals surface area contributed by atoms with Gasteiger partial charge >= 0.3 is 0 Å². The van der Waals surface area contributed by atoms with Crippen LogP contribution in [-0.2, 0) is 4.74 Å². The number of carbonyl (C=O) groups is 1. The molecule has 5 heteroatoms. The quantitative estimate of drug-likeness (QED) is 0.893. The summed E-state index contributed by atoms with van der Waals surface area (Å²) in [5.41, 5.74) is 0.973. The molecule has 4 nitrogen and oxygen atoms in total. The van der Waals surface area contributed by atoms with Crippen LogP contribution < -0.4 is 5.32 Å². The van der Waals surface area contributed by atoms with Gasteiger partial charge in [0.1, 0.15) is 5.82 Å². The van der Waals surface area contributed by atoms with E-state index in [1.807, 2.05) is 13.8 Å². The number of fused-ring (bicyclic) bond motifs is 1. The lowest BCUT2D eigenvalue weighted by Gasteiger charge is -2.35. The summed E-state index contributed by atoms with van der Waals surface area (Å²) in [5.74, 6) is -0.446. The third-order valence-corrected chi connectivity index (χ3v) is 3.92. The fourth-order valence-electron chi connectivity index (χ4n) is 2.90. The predicted octanol–water partition coefficient (Wildman–Crippen LogP) is 2.99. The standard InChI is InChI=1S/C16H19FN2O2/c1-16(2)8-11(5-6-21-16)19-15(20)13-9-18-14-7-10(17)3-4-12(13)14/h3-4,7,9,11,18H,5-6,8H2,1-2H3,(H,19,20). The summed E-state index contributed by atoms with van der Waals surface area (Å²) in [4.78, 5) is 15.4. The molecule has 112 valence electrons. The van der Waals surface area contributed by atoms with Gasteiger partial charge in [0.2, 0.25) is 0 Å². The third kappa shape index (κ3) is 2.93. The Morgan fingerprint density at radius 3 is 3.05 bits per heavy atom. The van der Waals surface area contributed by atoms with Crippen molar-refractivity contribution in [2.75, 3.05) is 6.61 Å². The summed E-state index contributed by atoms with van der Waals surface area (Å²) in [5, 5.41) is 3.79. The van der Waals surface area contributed by atoms with Gasteiger partial charge in [-0.05, 0) is 44.9 Å². The van der Waals surface area contributed by atoms with E-state index in [1.165, 1.54) is 12.1 Å². The van der Waals surface area contributed by atoms with Crippen molar-refractivity contribution < 1.29 is 13.9 Å². The van der Waals surface area contributed by atoms with E-state index in [9.17, 15) is 9.18 Å². The van der Waals surface area contributed by atoms with E-state index < -0.39 is 0 Å². The van der Waals surface area contributed by atoms with Crippen molar-refractivity contribution in [2.45, 2.75) is 38.3 Å². The first-order valence-electron chi connectivity index (χ1n) is 7.16. The highest BCUT2D eigenvalue weighted by Crippen LogP contribution is 2.25. The molecular formula is C16H19FN2O2. The van der Waals surface area contributed by atoms with Gasteiger partial charge in [0.05, 0.1) is 11.2 Å². The molecule has 1 aromatic heterocycles. The van der Waals surface area contributed by atoms with Crippen molar-refractivity contribution in [1.29, 1.82) is 0 Å². The zero-order chi connectivity index (χ0) is 15.0. The molecule has 0 bridgehead atoms. The number of aromatic amines is 1. The van der Waals surface area contributed by atoms with E-state index in [-0.39, 0.29) is 23.4 Å². The summed E-state index contributed by atoms with van der Waals surface area (Å²) in [6, 6.07) is 4.49. The molecule has 21 heavy (non-hydrogen) atoms. The van der Waals surface area contributed by atoms with Crippen LogP contribution in [0.2, 0.25) is 0 Å². The molecule has 0 spiro atoms. The highest BCUT2D eigenvalue weighted by atomic mass is 19.1. The molecule has 0 radical (unpaired) electrons. The Labute approximate surface area is 122 Å². The van der Waals surface area contributed by atoms with Crippen molar-refractivity contribution >= 4 is 16.8 Å². The van der Waals surface area contributed by atoms with Crippen LogP contribution in [0.25, 0.3) is 10.9 Å². The number of benzene rings is 1. The second kappa shape index (κ2) is 5.15. The van der Waals surface area contributed by atoms with Crippen molar-refractivity contribution in [2.24, 2.45) is 0 Å². The van der Waals surface area contributed by atoms with Crippen molar-refractivity contribution in [3.05, 3.63) is 35.8 Å². The van der Waals surface area contributed by atoms with Crippen LogP contribution in [0.1, 0.15) is 37.0 Å². The highest BCUT2D eigenvalue weighted by molar-refractivity contribution is 6.06. The topological polar surface area (TPSA) is 54.1 Å². The molecular weight excluding hydrogens is 271 g/mol. The van der Waals surface area contributed by atoms with E-state index in [1.54, 1.807) is 12.3 Å². The Bertz CT molecular complexity index is 678. The van der Waals surface area contributed by atoms with Crippen LogP contribution in [0, 0.1) is 5.82 Å². The van der Waals surface area contributed by atoms with E-state index in [0.29, 0.717) is 17.7 Å². The Kier molecular flexibility index (Phi) is 3.45. The molecule has 1 unspecified atom stereocenters. The third-order valence-electron chi connectivity index (χ3n) is 3.92. The smallest absolute Gasteiger partial charge is 0.253 e. The Morgan fingerprint density at radius 2 is 2.29 bits per heavy atom. The fourth-order valence-corrected chi connectivity index (χ4v) is 2.90. The molecule has 1 amide bonds. The lowest BCUT2D eigenvalue weighted by molar-refractivity contribution is -0.0615. The van der Waals surface area contributed by atoms with E-state index in [2.05, 4.69) is 10.3 Å². The largest absolute Gasteiger partial charge is 0.375 e. The Balaban J connectivity index is 1.78. The minimum absolute atomic E-state index is 0.103. The van der Waals surface area contributed by atoms with Crippen LogP contribution in [0.3, 0.4) is 0 Å². The second-order valence-electron chi connectivity index (χ2n) is 6.16. The number of carbonyl (C=O) groups excluding carboxylic acids is 1. The van der Waals surface area contributed by atoms with Crippen LogP contribution in [0.4, 0.5) is 4.39 Å². The molecule has 1 atom stereocenters. The molecule has 1 fully saturated rings. The van der Waals surface area contributed by atoms with E-state index in [0.717, 1.165) is 18.2 Å². The predicted molar refractivity (Wildman–Crippen MR) is 78.8 cm³/mol. The van der Waals surface area contributed by atoms with Crippen molar-refractivity contribution in [3.63, 3.8) is 0 Å². The molecule has 2 heterocycles. The molecule has 0 aliphatic carbocycles. The number of rotatable bonds is 2. The van der Waals surface area contributed by atoms with Gasteiger partial charge in [0, 0.05) is 29.7 Å². The fraction of sp³-hybridized carbons (Fsp3) is 0.438. The van der Waals surface area contributed by atoms with Gasteiger partial charge in [0.25, 0.3) is 5.91 Å². The van der Waals surface area contributed by atoms with Gasteiger partial charge in [-0.15, -0.1) is 0 Å². The summed E-state index contributed by atoms with van der Waals surface area (Å²) in [6.07, 6.45) is 3.23. The number of amides is 1. The average molecular weight is 290 g/mol. The number of aromatic nitrogens is 1. The van der Waals surface area contributed by atoms with Crippen LogP contribution in [0.15, 0.2) is 24.4 Å². The minimum atomic E-state index is -0.317. The van der Waals surface area contributed by atoms with Crippen molar-refractivity contribution in [3.8, 4) is 0 Å². The normalized spacial score (nSPS) is 21.4. The second-order valence-corrected chi connectivity index (χ2v) is 6.16. The molecule has 1 aromatic carbocycles. The molecule has 1 aliphatic heterocycles. The number of nitrogens with one attached hydrogen (secondary N) is 2. The van der Waals surface area contributed by atoms with E-state index in [4.69, 9.17) is 4.74 Å². The molecule has 2 aromatic rings. The maximum Gasteiger partial charge on any atom is 0.253 e. The minimum Gasteiger partial charge on any atom is -0.375 e. The first kappa shape index (κ1) is 14.1. The van der Waals surface area contributed by atoms with Gasteiger partial charge in [-0.1, -0.05) is 0 Å². The lowest BCUT2D eigenvalue weighted by Crippen LogP contribution is -2.45. The molecule has 2 N–H and O–H groups in total. The maximum atomic E-state index is 13.2. The molecule has 1 saturated heterocycles. The summed E-state index contributed by atoms with van der Waals surface area (Å²) in [6.45, 7) is 4.70. The monoisotopic (exact) mass is 290 g/mol. The van der Waals surface area contributed by atoms with Gasteiger partial charge < -0.3 is 15.0 Å². The number of hydrogen-bond donors (Lipinski definition) is 2. The van der Waals surface area contributed by atoms with Gasteiger partial charge in [-0.2, -0.15) is 0 Å². The Morgan fingerprint density at radius 1 is 1.48 bits per heavy atom. The zero-order valence-corrected chi connectivity index (χ0v) is 12.2. The Hall–Kier alpha value is -1.88. The van der Waals surface area contributed by atoms with Crippen LogP contribution in [-0.4, -0.2) is 29.1 Å². The summed E-state index contributed by atoms with van der Waals surface area (Å²) in [7, 11) is 0. The lowest BCUT2D eigenvalue weighted by atomic mass is 9.94. The SMILES string of the molecule is CC1(C)CC(NC(=O)c2c[nH]c3cc(F)ccc23)CCO1. The number of hydrogen-bond acceptors (Lipinski definition) is 2. The summed E-state index contributed by atoms with van der Waals surface area (Å²) < 4.78 is 18.8. The number of ether oxygens (including phenoxy) is 1. The number of H-pyrrole nitrogens is 1. The highest BCUT2D eigenvalue weighted by Gasteiger charge is 2.30. The maximum absolute atomic E-state index is 13.2. The van der Waals surface area contributed by atoms with Gasteiger partial charge in [0.15, 0.2) is 0 Å². The number of halogens is 1. The average Bonchev–Trinajstić information content (AvgIpc) is 2.80. The van der Waals surface area contributed by atoms with Crippen LogP contribution in [0.5, 0.6) is 0 Å². The van der Waals surface area contributed by atoms with Gasteiger partial charge in [-0.25, -0.2) is 4.39 Å². The first-order chi connectivity index (χ1) is 9.94. The van der Waals surface area contributed by atoms with E-state index >= 15 is 0 Å². The van der Waals surface area contributed by atoms with Gasteiger partial charge in [-0.3, -0.25) is 4.79 Å². The molecule has 0 saturated carbocycles. The zero-order valence-electron chi connectivity index (χ0n) is 12.2. The van der Waals surface area contributed by atoms with Crippen molar-refractivity contribution in [1.82, 2.24) is 10.3 Å². The molecule has 1 aliphatic rings. The van der Waals surface area contributed by atoms with Crippen LogP contribution >= 0.6 is 0 Å². The summed E-state index contributed by atoms with van der Waals surface area (Å²) >= 11 is 0. The molecule has 3 rings (SSSR count). The first-order valence-corrected chi connectivity index (χ1v) is 7.16.